The molecule has 0 heterocycles. The van der Waals surface area contributed by atoms with Gasteiger partial charge in [0.1, 0.15) is 6.61 Å². The van der Waals surface area contributed by atoms with E-state index in [9.17, 15) is 13.2 Å². The van der Waals surface area contributed by atoms with Gasteiger partial charge in [-0.15, -0.1) is 0 Å². The molecule has 0 amide bonds. The first-order valence-electron chi connectivity index (χ1n) is 6.08. The van der Waals surface area contributed by atoms with Crippen molar-refractivity contribution in [2.75, 3.05) is 5.75 Å². The van der Waals surface area contributed by atoms with Crippen molar-refractivity contribution in [1.82, 2.24) is 0 Å². The molecule has 1 aromatic carbocycles. The van der Waals surface area contributed by atoms with Gasteiger partial charge in [0.25, 0.3) is 10.1 Å². The summed E-state index contributed by atoms with van der Waals surface area (Å²) in [7, 11) is -4.17. The highest BCUT2D eigenvalue weighted by molar-refractivity contribution is 7.85. The van der Waals surface area contributed by atoms with E-state index < -0.39 is 27.8 Å². The van der Waals surface area contributed by atoms with Crippen molar-refractivity contribution in [2.45, 2.75) is 26.4 Å². The lowest BCUT2D eigenvalue weighted by Crippen LogP contribution is -2.25. The Morgan fingerprint density at radius 3 is 2.47 bits per heavy atom. The number of hydrogen-bond acceptors (Lipinski definition) is 4. The minimum atomic E-state index is -4.17. The fraction of sp³-hybridized carbons (Fsp3) is 0.462. The molecule has 1 atom stereocenters. The van der Waals surface area contributed by atoms with Crippen LogP contribution in [0.2, 0.25) is 0 Å². The summed E-state index contributed by atoms with van der Waals surface area (Å²) < 4.78 is 35.6. The van der Waals surface area contributed by atoms with Crippen molar-refractivity contribution in [3.63, 3.8) is 0 Å². The quantitative estimate of drug-likeness (QED) is 0.612. The van der Waals surface area contributed by atoms with Gasteiger partial charge in [-0.1, -0.05) is 43.7 Å². The molecule has 0 fully saturated rings. The number of benzene rings is 1. The minimum Gasteiger partial charge on any atom is -0.461 e. The number of esters is 1. The Bertz CT molecular complexity index is 495. The van der Waals surface area contributed by atoms with E-state index in [1.807, 2.05) is 37.3 Å². The molecule has 0 radical (unpaired) electrons. The van der Waals surface area contributed by atoms with E-state index in [-0.39, 0.29) is 6.61 Å². The largest absolute Gasteiger partial charge is 0.461 e. The molecule has 0 aromatic heterocycles. The van der Waals surface area contributed by atoms with Crippen LogP contribution in [0.25, 0.3) is 0 Å². The average molecular weight is 286 g/mol. The van der Waals surface area contributed by atoms with Crippen molar-refractivity contribution in [3.8, 4) is 0 Å². The lowest BCUT2D eigenvalue weighted by atomic mass is 10.1. The molecule has 0 aliphatic heterocycles. The predicted octanol–water partition coefficient (Wildman–Crippen LogP) is 2.03. The van der Waals surface area contributed by atoms with Crippen molar-refractivity contribution in [1.29, 1.82) is 0 Å². The first-order valence-corrected chi connectivity index (χ1v) is 7.69. The third-order valence-electron chi connectivity index (χ3n) is 2.61. The number of hydrogen-bond donors (Lipinski definition) is 1. The van der Waals surface area contributed by atoms with E-state index >= 15 is 0 Å². The molecular formula is C13H18O5S. The van der Waals surface area contributed by atoms with Crippen LogP contribution >= 0.6 is 0 Å². The van der Waals surface area contributed by atoms with Crippen LogP contribution in [0.4, 0.5) is 0 Å². The van der Waals surface area contributed by atoms with E-state index in [4.69, 9.17) is 9.29 Å². The molecule has 0 bridgehead atoms. The highest BCUT2D eigenvalue weighted by Gasteiger charge is 2.24. The van der Waals surface area contributed by atoms with Gasteiger partial charge in [0.05, 0.1) is 11.7 Å². The van der Waals surface area contributed by atoms with Gasteiger partial charge in [-0.05, 0) is 12.0 Å². The van der Waals surface area contributed by atoms with E-state index in [1.165, 1.54) is 0 Å². The van der Waals surface area contributed by atoms with Crippen molar-refractivity contribution in [3.05, 3.63) is 35.9 Å². The lowest BCUT2D eigenvalue weighted by Gasteiger charge is -2.13. The minimum absolute atomic E-state index is 0.103. The standard InChI is InChI=1S/C13H18O5S/c1-2-6-12(10-19(15,16)17)13(14)18-9-11-7-4-3-5-8-11/h3-5,7-8,12H,2,6,9-10H2,1H3,(H,15,16,17). The summed E-state index contributed by atoms with van der Waals surface area (Å²) in [6.07, 6.45) is 1.01. The molecular weight excluding hydrogens is 268 g/mol. The molecule has 0 saturated heterocycles. The summed E-state index contributed by atoms with van der Waals surface area (Å²) in [6.45, 7) is 1.94. The van der Waals surface area contributed by atoms with Crippen molar-refractivity contribution in [2.24, 2.45) is 5.92 Å². The SMILES string of the molecule is CCCC(CS(=O)(=O)O)C(=O)OCc1ccccc1. The van der Waals surface area contributed by atoms with Crippen LogP contribution in [-0.2, 0) is 26.3 Å². The zero-order valence-corrected chi connectivity index (χ0v) is 11.6. The van der Waals surface area contributed by atoms with Crippen molar-refractivity contribution >= 4 is 16.1 Å². The summed E-state index contributed by atoms with van der Waals surface area (Å²) in [6, 6.07) is 9.12. The highest BCUT2D eigenvalue weighted by Crippen LogP contribution is 2.13. The Labute approximate surface area is 113 Å². The summed E-state index contributed by atoms with van der Waals surface area (Å²) >= 11 is 0. The molecule has 1 N–H and O–H groups in total. The van der Waals surface area contributed by atoms with E-state index in [0.717, 1.165) is 5.56 Å². The maximum absolute atomic E-state index is 11.8. The molecule has 19 heavy (non-hydrogen) atoms. The number of rotatable bonds is 7. The van der Waals surface area contributed by atoms with Gasteiger partial charge in [-0.25, -0.2) is 0 Å². The van der Waals surface area contributed by atoms with Crippen LogP contribution in [0.5, 0.6) is 0 Å². The highest BCUT2D eigenvalue weighted by atomic mass is 32.2. The average Bonchev–Trinajstić information content (AvgIpc) is 2.35. The van der Waals surface area contributed by atoms with Gasteiger partial charge in [-0.3, -0.25) is 9.35 Å². The molecule has 0 spiro atoms. The molecule has 106 valence electrons. The zero-order chi connectivity index (χ0) is 14.3. The van der Waals surface area contributed by atoms with Crippen LogP contribution in [0.15, 0.2) is 30.3 Å². The number of carbonyl (C=O) groups is 1. The molecule has 1 rings (SSSR count). The Balaban J connectivity index is 2.57. The first kappa shape index (κ1) is 15.7. The maximum Gasteiger partial charge on any atom is 0.310 e. The molecule has 0 aliphatic rings. The molecule has 5 nitrogen and oxygen atoms in total. The van der Waals surface area contributed by atoms with Gasteiger partial charge in [-0.2, -0.15) is 8.42 Å². The summed E-state index contributed by atoms with van der Waals surface area (Å²) in [5.74, 6) is -2.00. The van der Waals surface area contributed by atoms with Crippen LogP contribution in [-0.4, -0.2) is 24.7 Å². The van der Waals surface area contributed by atoms with Gasteiger partial charge in [0.15, 0.2) is 0 Å². The van der Waals surface area contributed by atoms with Crippen LogP contribution in [0, 0.1) is 5.92 Å². The molecule has 1 aromatic rings. The lowest BCUT2D eigenvalue weighted by molar-refractivity contribution is -0.149. The van der Waals surface area contributed by atoms with E-state index in [1.54, 1.807) is 0 Å². The Morgan fingerprint density at radius 1 is 1.32 bits per heavy atom. The second-order valence-corrected chi connectivity index (χ2v) is 5.82. The van der Waals surface area contributed by atoms with Crippen LogP contribution in [0.3, 0.4) is 0 Å². The molecule has 0 saturated carbocycles. The van der Waals surface area contributed by atoms with Gasteiger partial charge < -0.3 is 4.74 Å². The third kappa shape index (κ3) is 6.35. The topological polar surface area (TPSA) is 80.7 Å². The molecule has 0 aliphatic carbocycles. The first-order chi connectivity index (χ1) is 8.92. The predicted molar refractivity (Wildman–Crippen MR) is 71.1 cm³/mol. The Morgan fingerprint density at radius 2 is 1.95 bits per heavy atom. The van der Waals surface area contributed by atoms with Gasteiger partial charge in [0.2, 0.25) is 0 Å². The Hall–Kier alpha value is -1.40. The summed E-state index contributed by atoms with van der Waals surface area (Å²) in [5, 5.41) is 0. The number of ether oxygens (including phenoxy) is 1. The zero-order valence-electron chi connectivity index (χ0n) is 10.8. The molecule has 6 heteroatoms. The fourth-order valence-corrected chi connectivity index (χ4v) is 2.53. The summed E-state index contributed by atoms with van der Waals surface area (Å²) in [4.78, 5) is 11.8. The third-order valence-corrected chi connectivity index (χ3v) is 3.43. The van der Waals surface area contributed by atoms with Crippen LogP contribution in [0.1, 0.15) is 25.3 Å². The normalized spacial score (nSPS) is 12.9. The smallest absolute Gasteiger partial charge is 0.310 e. The van der Waals surface area contributed by atoms with Gasteiger partial charge in [0, 0.05) is 0 Å². The van der Waals surface area contributed by atoms with Crippen LogP contribution < -0.4 is 0 Å². The number of carbonyl (C=O) groups excluding carboxylic acids is 1. The second-order valence-electron chi connectivity index (χ2n) is 4.33. The summed E-state index contributed by atoms with van der Waals surface area (Å²) in [5.41, 5.74) is 0.831. The maximum atomic E-state index is 11.8. The second kappa shape index (κ2) is 7.25. The van der Waals surface area contributed by atoms with E-state index in [0.29, 0.717) is 12.8 Å². The van der Waals surface area contributed by atoms with Gasteiger partial charge >= 0.3 is 5.97 Å². The molecule has 1 unspecified atom stereocenters. The van der Waals surface area contributed by atoms with E-state index in [2.05, 4.69) is 0 Å². The fourth-order valence-electron chi connectivity index (χ4n) is 1.72. The monoisotopic (exact) mass is 286 g/mol. The Kier molecular flexibility index (Phi) is 5.98. The van der Waals surface area contributed by atoms with Crippen molar-refractivity contribution < 1.29 is 22.5 Å².